The summed E-state index contributed by atoms with van der Waals surface area (Å²) in [5, 5.41) is 3.64. The molecule has 25 heavy (non-hydrogen) atoms. The standard InChI is InChI=1S/C20H23N3O2/c24-18-10-14(22-19(23-18)13-6-7-13)12-21-16-11-20(8-3-9-20)25-17-5-2-1-4-15(16)17/h1-2,4-5,10,13,16,21H,3,6-9,11-12H2,(H,22,23,24). The van der Waals surface area contributed by atoms with Crippen LogP contribution in [0.1, 0.15) is 67.6 Å². The quantitative estimate of drug-likeness (QED) is 0.899. The molecule has 5 heteroatoms. The largest absolute Gasteiger partial charge is 0.487 e. The van der Waals surface area contributed by atoms with Crippen LogP contribution < -0.4 is 15.6 Å². The first-order chi connectivity index (χ1) is 12.2. The van der Waals surface area contributed by atoms with Crippen molar-refractivity contribution in [3.05, 3.63) is 57.8 Å². The van der Waals surface area contributed by atoms with E-state index in [0.29, 0.717) is 12.5 Å². The van der Waals surface area contributed by atoms with Crippen LogP contribution in [0.15, 0.2) is 35.1 Å². The van der Waals surface area contributed by atoms with E-state index in [-0.39, 0.29) is 17.2 Å². The number of benzene rings is 1. The third-order valence-electron chi connectivity index (χ3n) is 5.77. The highest BCUT2D eigenvalue weighted by molar-refractivity contribution is 5.39. The van der Waals surface area contributed by atoms with Crippen molar-refractivity contribution < 1.29 is 4.74 Å². The normalized spacial score (nSPS) is 23.6. The second kappa shape index (κ2) is 5.70. The summed E-state index contributed by atoms with van der Waals surface area (Å²) < 4.78 is 6.30. The van der Waals surface area contributed by atoms with Crippen LogP contribution in [0.3, 0.4) is 0 Å². The lowest BCUT2D eigenvalue weighted by atomic mass is 9.73. The number of ether oxygens (including phenoxy) is 1. The van der Waals surface area contributed by atoms with E-state index < -0.39 is 0 Å². The predicted molar refractivity (Wildman–Crippen MR) is 94.7 cm³/mol. The molecule has 0 amide bonds. The highest BCUT2D eigenvalue weighted by atomic mass is 16.5. The average molecular weight is 337 g/mol. The van der Waals surface area contributed by atoms with E-state index in [9.17, 15) is 4.79 Å². The Morgan fingerprint density at radius 1 is 1.28 bits per heavy atom. The number of fused-ring (bicyclic) bond motifs is 1. The molecule has 1 atom stereocenters. The molecule has 2 aliphatic carbocycles. The molecule has 1 spiro atoms. The van der Waals surface area contributed by atoms with E-state index in [4.69, 9.17) is 4.74 Å². The predicted octanol–water partition coefficient (Wildman–Crippen LogP) is 3.18. The van der Waals surface area contributed by atoms with Gasteiger partial charge < -0.3 is 15.0 Å². The van der Waals surface area contributed by atoms with E-state index in [2.05, 4.69) is 33.5 Å². The summed E-state index contributed by atoms with van der Waals surface area (Å²) in [4.78, 5) is 19.4. The maximum Gasteiger partial charge on any atom is 0.251 e. The van der Waals surface area contributed by atoms with E-state index in [0.717, 1.165) is 49.4 Å². The lowest BCUT2D eigenvalue weighted by molar-refractivity contribution is -0.0371. The van der Waals surface area contributed by atoms with Crippen LogP contribution in [0.2, 0.25) is 0 Å². The third kappa shape index (κ3) is 2.86. The molecular weight excluding hydrogens is 314 g/mol. The molecule has 5 rings (SSSR count). The van der Waals surface area contributed by atoms with Gasteiger partial charge in [0.15, 0.2) is 0 Å². The van der Waals surface area contributed by atoms with Crippen molar-refractivity contribution in [2.24, 2.45) is 0 Å². The van der Waals surface area contributed by atoms with Gasteiger partial charge in [0, 0.05) is 36.6 Å². The van der Waals surface area contributed by atoms with Crippen LogP contribution in [0.25, 0.3) is 0 Å². The molecule has 3 aliphatic rings. The summed E-state index contributed by atoms with van der Waals surface area (Å²) in [6, 6.07) is 10.2. The second-order valence-electron chi connectivity index (χ2n) is 7.71. The first-order valence-corrected chi connectivity index (χ1v) is 9.32. The minimum Gasteiger partial charge on any atom is -0.487 e. The zero-order valence-corrected chi connectivity index (χ0v) is 14.3. The number of aromatic amines is 1. The number of nitrogens with one attached hydrogen (secondary N) is 2. The number of hydrogen-bond donors (Lipinski definition) is 2. The maximum atomic E-state index is 11.9. The van der Waals surface area contributed by atoms with Crippen LogP contribution in [0, 0.1) is 0 Å². The number of para-hydroxylation sites is 1. The van der Waals surface area contributed by atoms with Gasteiger partial charge in [0.2, 0.25) is 0 Å². The summed E-state index contributed by atoms with van der Waals surface area (Å²) in [5.74, 6) is 2.31. The van der Waals surface area contributed by atoms with Crippen LogP contribution in [-0.4, -0.2) is 15.6 Å². The Kier molecular flexibility index (Phi) is 3.45. The van der Waals surface area contributed by atoms with Crippen molar-refractivity contribution in [1.29, 1.82) is 0 Å². The van der Waals surface area contributed by atoms with Crippen molar-refractivity contribution >= 4 is 0 Å². The van der Waals surface area contributed by atoms with Crippen molar-refractivity contribution in [3.63, 3.8) is 0 Å². The molecule has 0 saturated heterocycles. The van der Waals surface area contributed by atoms with Gasteiger partial charge in [-0.15, -0.1) is 0 Å². The zero-order chi connectivity index (χ0) is 16.9. The highest BCUT2D eigenvalue weighted by Crippen LogP contribution is 2.48. The van der Waals surface area contributed by atoms with Crippen LogP contribution in [0.4, 0.5) is 0 Å². The van der Waals surface area contributed by atoms with Gasteiger partial charge in [-0.1, -0.05) is 18.2 Å². The highest BCUT2D eigenvalue weighted by Gasteiger charge is 2.45. The number of H-pyrrole nitrogens is 1. The molecule has 1 aliphatic heterocycles. The molecule has 2 heterocycles. The Bertz CT molecular complexity index is 852. The van der Waals surface area contributed by atoms with Gasteiger partial charge in [-0.3, -0.25) is 4.79 Å². The lowest BCUT2D eigenvalue weighted by Gasteiger charge is -2.48. The minimum atomic E-state index is -0.0449. The molecule has 0 bridgehead atoms. The van der Waals surface area contributed by atoms with E-state index >= 15 is 0 Å². The second-order valence-corrected chi connectivity index (χ2v) is 7.71. The minimum absolute atomic E-state index is 0.00673. The SMILES string of the molecule is O=c1cc(CNC2CC3(CCC3)Oc3ccccc32)nc(C2CC2)[nH]1. The van der Waals surface area contributed by atoms with Crippen LogP contribution >= 0.6 is 0 Å². The number of hydrogen-bond acceptors (Lipinski definition) is 4. The molecule has 0 radical (unpaired) electrons. The fraction of sp³-hybridized carbons (Fsp3) is 0.500. The average Bonchev–Trinajstić information content (AvgIpc) is 3.42. The molecule has 5 nitrogen and oxygen atoms in total. The smallest absolute Gasteiger partial charge is 0.251 e. The topological polar surface area (TPSA) is 67.0 Å². The Morgan fingerprint density at radius 2 is 2.12 bits per heavy atom. The monoisotopic (exact) mass is 337 g/mol. The van der Waals surface area contributed by atoms with Gasteiger partial charge >= 0.3 is 0 Å². The fourth-order valence-corrected chi connectivity index (χ4v) is 4.07. The molecule has 2 saturated carbocycles. The summed E-state index contributed by atoms with van der Waals surface area (Å²) >= 11 is 0. The van der Waals surface area contributed by atoms with Gasteiger partial charge in [0.05, 0.1) is 5.69 Å². The van der Waals surface area contributed by atoms with E-state index in [1.807, 2.05) is 6.07 Å². The Labute approximate surface area is 146 Å². The molecule has 130 valence electrons. The van der Waals surface area contributed by atoms with Gasteiger partial charge in [-0.25, -0.2) is 4.98 Å². The zero-order valence-electron chi connectivity index (χ0n) is 14.3. The van der Waals surface area contributed by atoms with Crippen molar-refractivity contribution in [1.82, 2.24) is 15.3 Å². The summed E-state index contributed by atoms with van der Waals surface area (Å²) in [5.41, 5.74) is 2.01. The molecular formula is C20H23N3O2. The molecule has 1 aromatic heterocycles. The lowest BCUT2D eigenvalue weighted by Crippen LogP contribution is -2.49. The molecule has 1 aromatic carbocycles. The van der Waals surface area contributed by atoms with Crippen molar-refractivity contribution in [2.45, 2.75) is 62.6 Å². The van der Waals surface area contributed by atoms with E-state index in [1.165, 1.54) is 12.0 Å². The van der Waals surface area contributed by atoms with Crippen LogP contribution in [0.5, 0.6) is 5.75 Å². The molecule has 2 N–H and O–H groups in total. The Hall–Kier alpha value is -2.14. The van der Waals surface area contributed by atoms with Gasteiger partial charge in [-0.05, 0) is 38.2 Å². The maximum absolute atomic E-state index is 11.9. The molecule has 2 fully saturated rings. The fourth-order valence-electron chi connectivity index (χ4n) is 4.07. The number of nitrogens with zero attached hydrogens (tertiary/aromatic N) is 1. The van der Waals surface area contributed by atoms with E-state index in [1.54, 1.807) is 6.07 Å². The number of aromatic nitrogens is 2. The van der Waals surface area contributed by atoms with Gasteiger partial charge in [0.1, 0.15) is 17.2 Å². The summed E-state index contributed by atoms with van der Waals surface area (Å²) in [6.45, 7) is 0.610. The third-order valence-corrected chi connectivity index (χ3v) is 5.77. The summed E-state index contributed by atoms with van der Waals surface area (Å²) in [7, 11) is 0. The molecule has 1 unspecified atom stereocenters. The Morgan fingerprint density at radius 3 is 2.88 bits per heavy atom. The molecule has 2 aromatic rings. The Balaban J connectivity index is 1.37. The van der Waals surface area contributed by atoms with Crippen molar-refractivity contribution in [2.75, 3.05) is 0 Å². The van der Waals surface area contributed by atoms with Gasteiger partial charge in [-0.2, -0.15) is 0 Å². The summed E-state index contributed by atoms with van der Waals surface area (Å²) in [6.07, 6.45) is 6.77. The number of rotatable bonds is 4. The first-order valence-electron chi connectivity index (χ1n) is 9.32. The van der Waals surface area contributed by atoms with Crippen molar-refractivity contribution in [3.8, 4) is 5.75 Å². The van der Waals surface area contributed by atoms with Gasteiger partial charge in [0.25, 0.3) is 5.56 Å². The first kappa shape index (κ1) is 15.1. The van der Waals surface area contributed by atoms with Crippen LogP contribution in [-0.2, 0) is 6.54 Å².